The highest BCUT2D eigenvalue weighted by molar-refractivity contribution is 6.23. The van der Waals surface area contributed by atoms with Gasteiger partial charge in [-0.25, -0.2) is 4.90 Å². The smallest absolute Gasteiger partial charge is 0.257 e. The van der Waals surface area contributed by atoms with Gasteiger partial charge in [0.15, 0.2) is 0 Å². The Hall–Kier alpha value is -3.03. The van der Waals surface area contributed by atoms with Gasteiger partial charge in [-0.1, -0.05) is 35.4 Å². The zero-order valence-corrected chi connectivity index (χ0v) is 18.6. The van der Waals surface area contributed by atoms with E-state index < -0.39 is 6.04 Å². The molecule has 2 aliphatic heterocycles. The van der Waals surface area contributed by atoms with Crippen LogP contribution in [0.3, 0.4) is 0 Å². The lowest BCUT2D eigenvalue weighted by Gasteiger charge is -2.32. The van der Waals surface area contributed by atoms with Crippen molar-refractivity contribution in [3.63, 3.8) is 0 Å². The maximum atomic E-state index is 13.5. The van der Waals surface area contributed by atoms with Crippen LogP contribution in [0.4, 0.5) is 5.69 Å². The van der Waals surface area contributed by atoms with E-state index in [9.17, 15) is 14.4 Å². The third kappa shape index (κ3) is 4.74. The molecule has 4 rings (SSSR count). The predicted octanol–water partition coefficient (Wildman–Crippen LogP) is 2.41. The molecule has 0 saturated carbocycles. The van der Waals surface area contributed by atoms with Crippen molar-refractivity contribution in [1.29, 1.82) is 0 Å². The molecule has 1 atom stereocenters. The molecule has 2 aliphatic rings. The normalized spacial score (nSPS) is 19.4. The Kier molecular flexibility index (Phi) is 6.67. The molecule has 2 saturated heterocycles. The number of hydrogen-bond donors (Lipinski definition) is 0. The van der Waals surface area contributed by atoms with Gasteiger partial charge in [0.1, 0.15) is 6.04 Å². The maximum absolute atomic E-state index is 13.5. The molecule has 0 radical (unpaired) electrons. The van der Waals surface area contributed by atoms with Gasteiger partial charge in [0.25, 0.3) is 11.8 Å². The molecule has 2 aromatic rings. The van der Waals surface area contributed by atoms with Gasteiger partial charge < -0.3 is 9.64 Å². The molecule has 2 heterocycles. The molecule has 2 fully saturated rings. The number of imide groups is 1. The van der Waals surface area contributed by atoms with Gasteiger partial charge in [-0.3, -0.25) is 19.3 Å². The molecule has 0 N–H and O–H groups in total. The van der Waals surface area contributed by atoms with Gasteiger partial charge in [0.2, 0.25) is 5.91 Å². The van der Waals surface area contributed by atoms with Crippen LogP contribution >= 0.6 is 0 Å². The number of amides is 3. The molecule has 3 amide bonds. The minimum absolute atomic E-state index is 0.00653. The summed E-state index contributed by atoms with van der Waals surface area (Å²) < 4.78 is 5.41. The summed E-state index contributed by atoms with van der Waals surface area (Å²) in [5.41, 5.74) is 3.17. The SMILES string of the molecule is Cc1ccc(C(=O)N(CCN2CCOCC2)C2CC(=O)N(c3ccc(C)cc3)C2=O)cc1. The minimum atomic E-state index is -0.807. The van der Waals surface area contributed by atoms with E-state index in [1.165, 1.54) is 4.90 Å². The van der Waals surface area contributed by atoms with E-state index in [1.54, 1.807) is 29.2 Å². The molecule has 32 heavy (non-hydrogen) atoms. The molecule has 168 valence electrons. The van der Waals surface area contributed by atoms with E-state index in [0.29, 0.717) is 37.6 Å². The van der Waals surface area contributed by atoms with Crippen LogP contribution in [0.5, 0.6) is 0 Å². The van der Waals surface area contributed by atoms with Crippen LogP contribution in [-0.4, -0.2) is 73.0 Å². The summed E-state index contributed by atoms with van der Waals surface area (Å²) in [6.45, 7) is 7.82. The van der Waals surface area contributed by atoms with Crippen molar-refractivity contribution >= 4 is 23.4 Å². The van der Waals surface area contributed by atoms with Crippen LogP contribution < -0.4 is 4.90 Å². The topological polar surface area (TPSA) is 70.2 Å². The Bertz CT molecular complexity index is 981. The van der Waals surface area contributed by atoms with Gasteiger partial charge in [-0.2, -0.15) is 0 Å². The highest BCUT2D eigenvalue weighted by atomic mass is 16.5. The van der Waals surface area contributed by atoms with Gasteiger partial charge in [0, 0.05) is 31.7 Å². The fraction of sp³-hybridized carbons (Fsp3) is 0.400. The number of nitrogens with zero attached hydrogens (tertiary/aromatic N) is 3. The van der Waals surface area contributed by atoms with Crippen LogP contribution in [0.25, 0.3) is 0 Å². The van der Waals surface area contributed by atoms with Crippen molar-refractivity contribution in [2.75, 3.05) is 44.3 Å². The third-order valence-electron chi connectivity index (χ3n) is 6.11. The summed E-state index contributed by atoms with van der Waals surface area (Å²) in [7, 11) is 0. The summed E-state index contributed by atoms with van der Waals surface area (Å²) >= 11 is 0. The zero-order chi connectivity index (χ0) is 22.7. The number of morpholine rings is 1. The summed E-state index contributed by atoms with van der Waals surface area (Å²) in [4.78, 5) is 44.7. The Morgan fingerprint density at radius 3 is 2.19 bits per heavy atom. The Morgan fingerprint density at radius 2 is 1.56 bits per heavy atom. The second kappa shape index (κ2) is 9.63. The van der Waals surface area contributed by atoms with Crippen molar-refractivity contribution in [2.24, 2.45) is 0 Å². The highest BCUT2D eigenvalue weighted by Crippen LogP contribution is 2.27. The van der Waals surface area contributed by atoms with Gasteiger partial charge in [-0.15, -0.1) is 0 Å². The number of benzene rings is 2. The fourth-order valence-electron chi connectivity index (χ4n) is 4.16. The molecule has 1 unspecified atom stereocenters. The van der Waals surface area contributed by atoms with E-state index in [-0.39, 0.29) is 24.1 Å². The Morgan fingerprint density at radius 1 is 0.969 bits per heavy atom. The van der Waals surface area contributed by atoms with E-state index in [0.717, 1.165) is 24.2 Å². The number of anilines is 1. The molecular weight excluding hydrogens is 406 g/mol. The summed E-state index contributed by atoms with van der Waals surface area (Å²) in [6, 6.07) is 13.8. The Labute approximate surface area is 188 Å². The second-order valence-corrected chi connectivity index (χ2v) is 8.44. The molecule has 0 spiro atoms. The molecule has 0 aromatic heterocycles. The van der Waals surface area contributed by atoms with Gasteiger partial charge in [0.05, 0.1) is 25.3 Å². The van der Waals surface area contributed by atoms with E-state index in [2.05, 4.69) is 4.90 Å². The second-order valence-electron chi connectivity index (χ2n) is 8.44. The number of carbonyl (C=O) groups excluding carboxylic acids is 3. The first-order valence-electron chi connectivity index (χ1n) is 11.1. The first kappa shape index (κ1) is 22.2. The monoisotopic (exact) mass is 435 g/mol. The first-order valence-corrected chi connectivity index (χ1v) is 11.1. The highest BCUT2D eigenvalue weighted by Gasteiger charge is 2.44. The van der Waals surface area contributed by atoms with Crippen LogP contribution in [0, 0.1) is 13.8 Å². The lowest BCUT2D eigenvalue weighted by atomic mass is 10.1. The molecule has 7 heteroatoms. The molecular formula is C25H29N3O4. The number of hydrogen-bond acceptors (Lipinski definition) is 5. The van der Waals surface area contributed by atoms with Gasteiger partial charge in [-0.05, 0) is 38.1 Å². The number of rotatable bonds is 6. The quantitative estimate of drug-likeness (QED) is 0.652. The fourth-order valence-corrected chi connectivity index (χ4v) is 4.16. The van der Waals surface area contributed by atoms with Gasteiger partial charge >= 0.3 is 0 Å². The number of ether oxygens (including phenoxy) is 1. The van der Waals surface area contributed by atoms with E-state index >= 15 is 0 Å². The standard InChI is InChI=1S/C25H29N3O4/c1-18-3-7-20(8-4-18)24(30)27(12-11-26-13-15-32-16-14-26)22-17-23(29)28(25(22)31)21-9-5-19(2)6-10-21/h3-10,22H,11-17H2,1-2H3. The van der Waals surface area contributed by atoms with Crippen LogP contribution in [0.1, 0.15) is 27.9 Å². The van der Waals surface area contributed by atoms with Crippen molar-refractivity contribution < 1.29 is 19.1 Å². The van der Waals surface area contributed by atoms with Crippen molar-refractivity contribution in [3.8, 4) is 0 Å². The largest absolute Gasteiger partial charge is 0.379 e. The third-order valence-corrected chi connectivity index (χ3v) is 6.11. The van der Waals surface area contributed by atoms with Crippen molar-refractivity contribution in [1.82, 2.24) is 9.80 Å². The molecule has 0 aliphatic carbocycles. The molecule has 2 aromatic carbocycles. The predicted molar refractivity (Wildman–Crippen MR) is 122 cm³/mol. The van der Waals surface area contributed by atoms with Crippen LogP contribution in [0.15, 0.2) is 48.5 Å². The first-order chi connectivity index (χ1) is 15.4. The summed E-state index contributed by atoms with van der Waals surface area (Å²) in [5, 5.41) is 0. The lowest BCUT2D eigenvalue weighted by molar-refractivity contribution is -0.122. The summed E-state index contributed by atoms with van der Waals surface area (Å²) in [6.07, 6.45) is -0.00653. The van der Waals surface area contributed by atoms with E-state index in [4.69, 9.17) is 4.74 Å². The van der Waals surface area contributed by atoms with Crippen molar-refractivity contribution in [2.45, 2.75) is 26.3 Å². The zero-order valence-electron chi connectivity index (χ0n) is 18.6. The average molecular weight is 436 g/mol. The Balaban J connectivity index is 1.58. The lowest BCUT2D eigenvalue weighted by Crippen LogP contribution is -2.49. The van der Waals surface area contributed by atoms with E-state index in [1.807, 2.05) is 38.1 Å². The molecule has 0 bridgehead atoms. The van der Waals surface area contributed by atoms with Crippen LogP contribution in [0.2, 0.25) is 0 Å². The summed E-state index contributed by atoms with van der Waals surface area (Å²) in [5.74, 6) is -0.853. The number of carbonyl (C=O) groups is 3. The average Bonchev–Trinajstić information content (AvgIpc) is 3.09. The maximum Gasteiger partial charge on any atom is 0.257 e. The molecule has 7 nitrogen and oxygen atoms in total. The minimum Gasteiger partial charge on any atom is -0.379 e. The van der Waals surface area contributed by atoms with Crippen LogP contribution in [-0.2, 0) is 14.3 Å². The number of aryl methyl sites for hydroxylation is 2. The van der Waals surface area contributed by atoms with Crippen molar-refractivity contribution in [3.05, 3.63) is 65.2 Å².